The summed E-state index contributed by atoms with van der Waals surface area (Å²) in [5.41, 5.74) is -0.0431. The van der Waals surface area contributed by atoms with E-state index in [2.05, 4.69) is 5.32 Å². The Morgan fingerprint density at radius 1 is 1.30 bits per heavy atom. The van der Waals surface area contributed by atoms with E-state index in [0.29, 0.717) is 18.7 Å². The molecule has 0 amide bonds. The lowest BCUT2D eigenvalue weighted by Crippen LogP contribution is -2.41. The molecule has 1 saturated carbocycles. The van der Waals surface area contributed by atoms with Gasteiger partial charge in [-0.25, -0.2) is 4.79 Å². The number of hydrogen-bond donors (Lipinski definition) is 2. The maximum atomic E-state index is 12.0. The van der Waals surface area contributed by atoms with Crippen molar-refractivity contribution in [1.29, 1.82) is 0 Å². The second-order valence-corrected chi connectivity index (χ2v) is 5.88. The van der Waals surface area contributed by atoms with E-state index in [1.165, 1.54) is 11.6 Å². The Labute approximate surface area is 118 Å². The van der Waals surface area contributed by atoms with Gasteiger partial charge in [-0.2, -0.15) is 0 Å². The molecule has 6 nitrogen and oxygen atoms in total. The molecule has 0 bridgehead atoms. The zero-order valence-electron chi connectivity index (χ0n) is 12.2. The first kappa shape index (κ1) is 15.0. The van der Waals surface area contributed by atoms with Crippen LogP contribution in [0.5, 0.6) is 0 Å². The SMILES string of the molecule is Cn1cc(CNCC2(CO)CCCC2)c(=O)n(C)c1=O. The molecule has 0 spiro atoms. The quantitative estimate of drug-likeness (QED) is 0.779. The lowest BCUT2D eigenvalue weighted by molar-refractivity contribution is 0.128. The standard InChI is InChI=1S/C14H23N3O3/c1-16-8-11(12(19)17(2)13(16)20)7-15-9-14(10-18)5-3-4-6-14/h8,15,18H,3-7,9-10H2,1-2H3. The summed E-state index contributed by atoms with van der Waals surface area (Å²) in [5, 5.41) is 12.8. The molecule has 6 heteroatoms. The third-order valence-corrected chi connectivity index (χ3v) is 4.33. The molecule has 0 saturated heterocycles. The minimum atomic E-state index is -0.318. The van der Waals surface area contributed by atoms with Crippen molar-refractivity contribution >= 4 is 0 Å². The predicted octanol–water partition coefficient (Wildman–Crippen LogP) is -0.274. The van der Waals surface area contributed by atoms with Gasteiger partial charge in [0.2, 0.25) is 0 Å². The van der Waals surface area contributed by atoms with Crippen molar-refractivity contribution in [3.63, 3.8) is 0 Å². The van der Waals surface area contributed by atoms with Crippen molar-refractivity contribution in [3.05, 3.63) is 32.6 Å². The lowest BCUT2D eigenvalue weighted by atomic mass is 9.87. The van der Waals surface area contributed by atoms with Crippen LogP contribution in [0, 0.1) is 5.41 Å². The predicted molar refractivity (Wildman–Crippen MR) is 76.6 cm³/mol. The molecular formula is C14H23N3O3. The Hall–Kier alpha value is -1.40. The van der Waals surface area contributed by atoms with Gasteiger partial charge in [-0.05, 0) is 12.8 Å². The largest absolute Gasteiger partial charge is 0.396 e. The molecule has 1 fully saturated rings. The van der Waals surface area contributed by atoms with Crippen LogP contribution in [0.1, 0.15) is 31.2 Å². The average molecular weight is 281 g/mol. The van der Waals surface area contributed by atoms with Gasteiger partial charge >= 0.3 is 5.69 Å². The third-order valence-electron chi connectivity index (χ3n) is 4.33. The summed E-state index contributed by atoms with van der Waals surface area (Å²) in [6.45, 7) is 1.31. The molecule has 0 aliphatic heterocycles. The molecule has 1 aromatic heterocycles. The van der Waals surface area contributed by atoms with Gasteiger partial charge in [-0.1, -0.05) is 12.8 Å². The van der Waals surface area contributed by atoms with Gasteiger partial charge in [0.25, 0.3) is 5.56 Å². The van der Waals surface area contributed by atoms with E-state index in [0.717, 1.165) is 30.3 Å². The summed E-state index contributed by atoms with van der Waals surface area (Å²) in [7, 11) is 3.12. The molecule has 20 heavy (non-hydrogen) atoms. The fourth-order valence-electron chi connectivity index (χ4n) is 2.98. The number of aromatic nitrogens is 2. The molecule has 1 aliphatic rings. The molecule has 0 unspecified atom stereocenters. The molecule has 0 atom stereocenters. The number of hydrogen-bond acceptors (Lipinski definition) is 4. The highest BCUT2D eigenvalue weighted by Gasteiger charge is 2.32. The normalized spacial score (nSPS) is 17.6. The monoisotopic (exact) mass is 281 g/mol. The van der Waals surface area contributed by atoms with E-state index < -0.39 is 0 Å². The summed E-state index contributed by atoms with van der Waals surface area (Å²) in [6.07, 6.45) is 5.95. The maximum absolute atomic E-state index is 12.0. The summed E-state index contributed by atoms with van der Waals surface area (Å²) >= 11 is 0. The van der Waals surface area contributed by atoms with Crippen LogP contribution in [-0.2, 0) is 20.6 Å². The average Bonchev–Trinajstić information content (AvgIpc) is 2.91. The zero-order chi connectivity index (χ0) is 14.8. The molecule has 1 heterocycles. The molecule has 112 valence electrons. The van der Waals surface area contributed by atoms with Gasteiger partial charge in [0.1, 0.15) is 0 Å². The van der Waals surface area contributed by atoms with Crippen LogP contribution >= 0.6 is 0 Å². The van der Waals surface area contributed by atoms with Crippen LogP contribution in [0.4, 0.5) is 0 Å². The summed E-state index contributed by atoms with van der Waals surface area (Å²) in [5.74, 6) is 0. The number of rotatable bonds is 5. The van der Waals surface area contributed by atoms with E-state index in [4.69, 9.17) is 0 Å². The van der Waals surface area contributed by atoms with Gasteiger partial charge in [0.15, 0.2) is 0 Å². The van der Waals surface area contributed by atoms with E-state index in [1.54, 1.807) is 13.2 Å². The van der Waals surface area contributed by atoms with Crippen molar-refractivity contribution in [2.24, 2.45) is 19.5 Å². The number of nitrogens with zero attached hydrogens (tertiary/aromatic N) is 2. The second kappa shape index (κ2) is 5.93. The highest BCUT2D eigenvalue weighted by Crippen LogP contribution is 2.36. The van der Waals surface area contributed by atoms with Gasteiger partial charge in [-0.15, -0.1) is 0 Å². The van der Waals surface area contributed by atoms with Crippen molar-refractivity contribution < 1.29 is 5.11 Å². The minimum Gasteiger partial charge on any atom is -0.396 e. The zero-order valence-corrected chi connectivity index (χ0v) is 12.2. The minimum absolute atomic E-state index is 0.0358. The Kier molecular flexibility index (Phi) is 4.45. The highest BCUT2D eigenvalue weighted by atomic mass is 16.3. The molecule has 1 aromatic rings. The van der Waals surface area contributed by atoms with Crippen LogP contribution in [0.25, 0.3) is 0 Å². The summed E-state index contributed by atoms with van der Waals surface area (Å²) < 4.78 is 2.53. The van der Waals surface area contributed by atoms with Gasteiger partial charge in [0, 0.05) is 51.0 Å². The van der Waals surface area contributed by atoms with E-state index in [9.17, 15) is 14.7 Å². The molecule has 0 radical (unpaired) electrons. The summed E-state index contributed by atoms with van der Waals surface area (Å²) in [6, 6.07) is 0. The lowest BCUT2D eigenvalue weighted by Gasteiger charge is -2.26. The van der Waals surface area contributed by atoms with Gasteiger partial charge in [-0.3, -0.25) is 9.36 Å². The van der Waals surface area contributed by atoms with Gasteiger partial charge in [0.05, 0.1) is 0 Å². The second-order valence-electron chi connectivity index (χ2n) is 5.88. The Morgan fingerprint density at radius 2 is 1.95 bits per heavy atom. The van der Waals surface area contributed by atoms with Crippen LogP contribution in [0.3, 0.4) is 0 Å². The first-order chi connectivity index (χ1) is 9.49. The van der Waals surface area contributed by atoms with Crippen LogP contribution in [0.2, 0.25) is 0 Å². The molecule has 2 rings (SSSR count). The Bertz CT molecular complexity index is 582. The smallest absolute Gasteiger partial charge is 0.330 e. The van der Waals surface area contributed by atoms with Crippen LogP contribution in [0.15, 0.2) is 15.8 Å². The highest BCUT2D eigenvalue weighted by molar-refractivity contribution is 5.05. The molecular weight excluding hydrogens is 258 g/mol. The van der Waals surface area contributed by atoms with Crippen LogP contribution < -0.4 is 16.6 Å². The maximum Gasteiger partial charge on any atom is 0.330 e. The Morgan fingerprint density at radius 3 is 2.55 bits per heavy atom. The van der Waals surface area contributed by atoms with Gasteiger partial charge < -0.3 is 15.0 Å². The van der Waals surface area contributed by atoms with Crippen molar-refractivity contribution in [2.75, 3.05) is 13.2 Å². The van der Waals surface area contributed by atoms with E-state index in [1.807, 2.05) is 0 Å². The summed E-state index contributed by atoms with van der Waals surface area (Å²) in [4.78, 5) is 23.6. The number of aryl methyl sites for hydroxylation is 1. The first-order valence-corrected chi connectivity index (χ1v) is 7.06. The molecule has 0 aromatic carbocycles. The Balaban J connectivity index is 2.05. The van der Waals surface area contributed by atoms with E-state index >= 15 is 0 Å². The van der Waals surface area contributed by atoms with Crippen molar-refractivity contribution in [2.45, 2.75) is 32.2 Å². The fourth-order valence-corrected chi connectivity index (χ4v) is 2.98. The first-order valence-electron chi connectivity index (χ1n) is 7.06. The van der Waals surface area contributed by atoms with Crippen LogP contribution in [-0.4, -0.2) is 27.4 Å². The molecule has 1 aliphatic carbocycles. The molecule has 2 N–H and O–H groups in total. The number of aliphatic hydroxyl groups excluding tert-OH is 1. The van der Waals surface area contributed by atoms with Crippen molar-refractivity contribution in [1.82, 2.24) is 14.5 Å². The van der Waals surface area contributed by atoms with E-state index in [-0.39, 0.29) is 23.3 Å². The van der Waals surface area contributed by atoms with Crippen molar-refractivity contribution in [3.8, 4) is 0 Å². The number of aliphatic hydroxyl groups is 1. The number of nitrogens with one attached hydrogen (secondary N) is 1. The topological polar surface area (TPSA) is 76.3 Å². The fraction of sp³-hybridized carbons (Fsp3) is 0.714. The third kappa shape index (κ3) is 2.86.